The first-order valence-corrected chi connectivity index (χ1v) is 8.09. The highest BCUT2D eigenvalue weighted by Gasteiger charge is 2.27. The van der Waals surface area contributed by atoms with E-state index in [0.29, 0.717) is 24.5 Å². The van der Waals surface area contributed by atoms with Crippen molar-refractivity contribution in [1.29, 1.82) is 0 Å². The van der Waals surface area contributed by atoms with Crippen LogP contribution in [0.5, 0.6) is 0 Å². The van der Waals surface area contributed by atoms with Crippen molar-refractivity contribution in [2.24, 2.45) is 11.7 Å². The zero-order valence-electron chi connectivity index (χ0n) is 13.4. The molecule has 1 fully saturated rings. The molecule has 2 amide bonds. The maximum Gasteiger partial charge on any atom is 0.253 e. The number of fused-ring (bicyclic) bond motifs is 1. The Morgan fingerprint density at radius 3 is 2.87 bits per heavy atom. The van der Waals surface area contributed by atoms with E-state index in [1.165, 1.54) is 0 Å². The zero-order valence-corrected chi connectivity index (χ0v) is 13.4. The van der Waals surface area contributed by atoms with E-state index in [1.807, 2.05) is 12.1 Å². The van der Waals surface area contributed by atoms with Gasteiger partial charge in [-0.3, -0.25) is 9.59 Å². The normalized spacial score (nSPS) is 20.1. The molecule has 6 nitrogen and oxygen atoms in total. The number of nitrogens with one attached hydrogen (secondary N) is 1. The Kier molecular flexibility index (Phi) is 4.63. The molecule has 1 atom stereocenters. The molecule has 2 heterocycles. The third-order valence-electron chi connectivity index (χ3n) is 4.75. The summed E-state index contributed by atoms with van der Waals surface area (Å²) in [5.74, 6) is -0.0568. The SMILES string of the molecule is CN1CCc2ccc(NC(=O)C(N)C3CCOCC3)cc2C1=O. The number of nitrogens with zero attached hydrogens (tertiary/aromatic N) is 1. The average molecular weight is 317 g/mol. The molecule has 2 aliphatic rings. The molecule has 0 aliphatic carbocycles. The van der Waals surface area contributed by atoms with Gasteiger partial charge in [0.05, 0.1) is 6.04 Å². The fraction of sp³-hybridized carbons (Fsp3) is 0.529. The number of rotatable bonds is 3. The number of amides is 2. The van der Waals surface area contributed by atoms with E-state index in [2.05, 4.69) is 5.32 Å². The molecule has 124 valence electrons. The van der Waals surface area contributed by atoms with Crippen LogP contribution in [0.3, 0.4) is 0 Å². The van der Waals surface area contributed by atoms with Gasteiger partial charge in [0, 0.05) is 38.1 Å². The number of carbonyl (C=O) groups is 2. The third-order valence-corrected chi connectivity index (χ3v) is 4.75. The van der Waals surface area contributed by atoms with Crippen molar-refractivity contribution >= 4 is 17.5 Å². The molecule has 1 aromatic carbocycles. The van der Waals surface area contributed by atoms with Gasteiger partial charge in [0.15, 0.2) is 0 Å². The summed E-state index contributed by atoms with van der Waals surface area (Å²) in [4.78, 5) is 26.3. The largest absolute Gasteiger partial charge is 0.381 e. The zero-order chi connectivity index (χ0) is 16.4. The van der Waals surface area contributed by atoms with Crippen molar-refractivity contribution in [3.05, 3.63) is 29.3 Å². The molecule has 23 heavy (non-hydrogen) atoms. The van der Waals surface area contributed by atoms with Crippen LogP contribution in [0.4, 0.5) is 5.69 Å². The number of hydrogen-bond donors (Lipinski definition) is 2. The molecule has 6 heteroatoms. The van der Waals surface area contributed by atoms with Gasteiger partial charge in [-0.05, 0) is 42.9 Å². The van der Waals surface area contributed by atoms with Crippen LogP contribution in [0, 0.1) is 5.92 Å². The summed E-state index contributed by atoms with van der Waals surface area (Å²) in [6.45, 7) is 2.04. The highest BCUT2D eigenvalue weighted by molar-refractivity contribution is 6.00. The fourth-order valence-corrected chi connectivity index (χ4v) is 3.18. The van der Waals surface area contributed by atoms with Crippen LogP contribution in [0.25, 0.3) is 0 Å². The minimum atomic E-state index is -0.548. The molecule has 0 saturated carbocycles. The second-order valence-electron chi connectivity index (χ2n) is 6.31. The molecule has 1 saturated heterocycles. The lowest BCUT2D eigenvalue weighted by molar-refractivity contribution is -0.119. The summed E-state index contributed by atoms with van der Waals surface area (Å²) in [5.41, 5.74) is 8.40. The van der Waals surface area contributed by atoms with Gasteiger partial charge in [0.1, 0.15) is 0 Å². The number of hydrogen-bond acceptors (Lipinski definition) is 4. The van der Waals surface area contributed by atoms with E-state index in [1.54, 1.807) is 18.0 Å². The number of anilines is 1. The Labute approximate surface area is 136 Å². The summed E-state index contributed by atoms with van der Waals surface area (Å²) in [6.07, 6.45) is 2.46. The van der Waals surface area contributed by atoms with Gasteiger partial charge in [0.25, 0.3) is 5.91 Å². The Morgan fingerprint density at radius 1 is 1.39 bits per heavy atom. The first-order chi connectivity index (χ1) is 11.1. The molecule has 1 unspecified atom stereocenters. The number of likely N-dealkylation sites (N-methyl/N-ethyl adjacent to an activating group) is 1. The van der Waals surface area contributed by atoms with E-state index in [0.717, 1.165) is 31.4 Å². The summed E-state index contributed by atoms with van der Waals surface area (Å²) < 4.78 is 5.30. The summed E-state index contributed by atoms with van der Waals surface area (Å²) in [6, 6.07) is 4.96. The Morgan fingerprint density at radius 2 is 2.13 bits per heavy atom. The lowest BCUT2D eigenvalue weighted by Crippen LogP contribution is -2.44. The Hall–Kier alpha value is -1.92. The average Bonchev–Trinajstić information content (AvgIpc) is 2.58. The van der Waals surface area contributed by atoms with E-state index in [4.69, 9.17) is 10.5 Å². The molecular weight excluding hydrogens is 294 g/mol. The minimum absolute atomic E-state index is 0.00363. The van der Waals surface area contributed by atoms with Crippen LogP contribution in [0.1, 0.15) is 28.8 Å². The second-order valence-corrected chi connectivity index (χ2v) is 6.31. The molecule has 1 aromatic rings. The molecule has 0 spiro atoms. The van der Waals surface area contributed by atoms with Crippen LogP contribution in [0.2, 0.25) is 0 Å². The first-order valence-electron chi connectivity index (χ1n) is 8.09. The summed E-state index contributed by atoms with van der Waals surface area (Å²) >= 11 is 0. The Bertz CT molecular complexity index is 611. The quantitative estimate of drug-likeness (QED) is 0.871. The molecule has 2 aliphatic heterocycles. The molecule has 0 radical (unpaired) electrons. The lowest BCUT2D eigenvalue weighted by Gasteiger charge is -2.27. The highest BCUT2D eigenvalue weighted by atomic mass is 16.5. The van der Waals surface area contributed by atoms with Crippen molar-refractivity contribution in [2.45, 2.75) is 25.3 Å². The smallest absolute Gasteiger partial charge is 0.253 e. The monoisotopic (exact) mass is 317 g/mol. The summed E-state index contributed by atoms with van der Waals surface area (Å²) in [7, 11) is 1.79. The van der Waals surface area contributed by atoms with E-state index < -0.39 is 6.04 Å². The first kappa shape index (κ1) is 16.0. The predicted molar refractivity (Wildman–Crippen MR) is 87.3 cm³/mol. The molecule has 0 aromatic heterocycles. The lowest BCUT2D eigenvalue weighted by atomic mass is 9.91. The number of carbonyl (C=O) groups excluding carboxylic acids is 2. The minimum Gasteiger partial charge on any atom is -0.381 e. The molecule has 0 bridgehead atoms. The molecule has 3 N–H and O–H groups in total. The maximum atomic E-state index is 12.4. The van der Waals surface area contributed by atoms with Crippen LogP contribution in [-0.2, 0) is 16.0 Å². The van der Waals surface area contributed by atoms with E-state index in [-0.39, 0.29) is 17.7 Å². The van der Waals surface area contributed by atoms with Gasteiger partial charge in [-0.1, -0.05) is 6.07 Å². The van der Waals surface area contributed by atoms with E-state index in [9.17, 15) is 9.59 Å². The van der Waals surface area contributed by atoms with Gasteiger partial charge >= 0.3 is 0 Å². The fourth-order valence-electron chi connectivity index (χ4n) is 3.18. The Balaban J connectivity index is 1.70. The summed E-state index contributed by atoms with van der Waals surface area (Å²) in [5, 5.41) is 2.85. The second kappa shape index (κ2) is 6.68. The maximum absolute atomic E-state index is 12.4. The van der Waals surface area contributed by atoms with Gasteiger partial charge in [-0.25, -0.2) is 0 Å². The van der Waals surface area contributed by atoms with Gasteiger partial charge in [0.2, 0.25) is 5.91 Å². The van der Waals surface area contributed by atoms with Crippen molar-refractivity contribution in [1.82, 2.24) is 4.90 Å². The number of benzene rings is 1. The standard InChI is InChI=1S/C17H23N3O3/c1-20-7-4-11-2-3-13(10-14(11)17(20)22)19-16(21)15(18)12-5-8-23-9-6-12/h2-3,10,12,15H,4-9,18H2,1H3,(H,19,21). The van der Waals surface area contributed by atoms with Crippen LogP contribution >= 0.6 is 0 Å². The van der Waals surface area contributed by atoms with Crippen molar-refractivity contribution < 1.29 is 14.3 Å². The van der Waals surface area contributed by atoms with Crippen molar-refractivity contribution in [3.8, 4) is 0 Å². The van der Waals surface area contributed by atoms with Crippen LogP contribution in [-0.4, -0.2) is 49.6 Å². The number of ether oxygens (including phenoxy) is 1. The van der Waals surface area contributed by atoms with Crippen molar-refractivity contribution in [2.75, 3.05) is 32.1 Å². The molecule has 3 rings (SSSR count). The van der Waals surface area contributed by atoms with Gasteiger partial charge in [-0.2, -0.15) is 0 Å². The van der Waals surface area contributed by atoms with Gasteiger partial charge < -0.3 is 20.7 Å². The predicted octanol–water partition coefficient (Wildman–Crippen LogP) is 1.01. The highest BCUT2D eigenvalue weighted by Crippen LogP contribution is 2.23. The topological polar surface area (TPSA) is 84.7 Å². The third kappa shape index (κ3) is 3.38. The van der Waals surface area contributed by atoms with Crippen molar-refractivity contribution in [3.63, 3.8) is 0 Å². The van der Waals surface area contributed by atoms with E-state index >= 15 is 0 Å². The van der Waals surface area contributed by atoms with Crippen LogP contribution in [0.15, 0.2) is 18.2 Å². The van der Waals surface area contributed by atoms with Gasteiger partial charge in [-0.15, -0.1) is 0 Å². The molecular formula is C17H23N3O3. The van der Waals surface area contributed by atoms with Crippen LogP contribution < -0.4 is 11.1 Å². The number of nitrogens with two attached hydrogens (primary N) is 1.